The maximum Gasteiger partial charge on any atom is 0.207 e. The van der Waals surface area contributed by atoms with Crippen LogP contribution in [0, 0.1) is 0 Å². The van der Waals surface area contributed by atoms with E-state index in [0.29, 0.717) is 23.2 Å². The molecule has 2 aliphatic rings. The number of nitrogens with one attached hydrogen (secondary N) is 1. The van der Waals surface area contributed by atoms with Crippen molar-refractivity contribution in [1.29, 1.82) is 0 Å². The van der Waals surface area contributed by atoms with Gasteiger partial charge in [-0.15, -0.1) is 12.4 Å². The maximum atomic E-state index is 13.3. The van der Waals surface area contributed by atoms with E-state index in [9.17, 15) is 8.42 Å². The molecule has 2 aromatic carbocycles. The zero-order valence-electron chi connectivity index (χ0n) is 16.7. The lowest BCUT2D eigenvalue weighted by Gasteiger charge is -2.24. The number of hydrogen-bond donors (Lipinski definition) is 1. The molecular weight excluding hydrogens is 414 g/mol. The van der Waals surface area contributed by atoms with Gasteiger partial charge in [0.25, 0.3) is 0 Å². The molecule has 0 unspecified atom stereocenters. The summed E-state index contributed by atoms with van der Waals surface area (Å²) < 4.78 is 43.5. The highest BCUT2D eigenvalue weighted by Crippen LogP contribution is 2.43. The minimum atomic E-state index is -3.74. The van der Waals surface area contributed by atoms with E-state index in [1.165, 1.54) is 19.2 Å². The molecule has 4 rings (SSSR count). The van der Waals surface area contributed by atoms with E-state index in [2.05, 4.69) is 5.32 Å². The largest absolute Gasteiger partial charge is 0.497 e. The van der Waals surface area contributed by atoms with Gasteiger partial charge in [-0.1, -0.05) is 6.07 Å². The standard InChI is InChI=1S/C21H25NO5S.ClH/c1-13(2)26-15-8-14(25-3)9-17(10-15)28(23,24)16-4-5-18-19-6-7-22-12-21(19)27-20(18)11-16;/h4-5,8-11,13,19,21-22H,6-7,12H2,1-3H3;1H/t19-,21-;/m0./s1. The molecule has 0 aromatic heterocycles. The maximum absolute atomic E-state index is 13.3. The fourth-order valence-electron chi connectivity index (χ4n) is 3.86. The molecule has 6 nitrogen and oxygen atoms in total. The fourth-order valence-corrected chi connectivity index (χ4v) is 5.18. The summed E-state index contributed by atoms with van der Waals surface area (Å²) in [5, 5.41) is 3.33. The van der Waals surface area contributed by atoms with Gasteiger partial charge in [0.05, 0.1) is 23.0 Å². The monoisotopic (exact) mass is 439 g/mol. The van der Waals surface area contributed by atoms with E-state index in [-0.39, 0.29) is 34.4 Å². The number of rotatable bonds is 5. The first-order valence-electron chi connectivity index (χ1n) is 9.50. The van der Waals surface area contributed by atoms with Crippen molar-refractivity contribution >= 4 is 22.2 Å². The third-order valence-corrected chi connectivity index (χ3v) is 6.90. The normalized spacial score (nSPS) is 20.3. The molecule has 29 heavy (non-hydrogen) atoms. The summed E-state index contributed by atoms with van der Waals surface area (Å²) in [6.45, 7) is 5.51. The first kappa shape index (κ1) is 21.7. The van der Waals surface area contributed by atoms with Gasteiger partial charge in [-0.2, -0.15) is 0 Å². The Hall–Kier alpha value is -1.96. The zero-order chi connectivity index (χ0) is 19.9. The Morgan fingerprint density at radius 1 is 1.10 bits per heavy atom. The average Bonchev–Trinajstić information content (AvgIpc) is 3.05. The molecule has 1 saturated heterocycles. The molecule has 0 bridgehead atoms. The van der Waals surface area contributed by atoms with E-state index in [0.717, 1.165) is 25.1 Å². The SMILES string of the molecule is COc1cc(OC(C)C)cc(S(=O)(=O)c2ccc3c(c2)O[C@H]2CNCC[C@@H]32)c1.Cl. The first-order chi connectivity index (χ1) is 13.4. The lowest BCUT2D eigenvalue weighted by Crippen LogP contribution is -2.39. The van der Waals surface area contributed by atoms with Crippen LogP contribution in [0.2, 0.25) is 0 Å². The van der Waals surface area contributed by atoms with Crippen molar-refractivity contribution in [2.75, 3.05) is 20.2 Å². The Bertz CT molecular complexity index is 993. The molecule has 1 fully saturated rings. The van der Waals surface area contributed by atoms with Gasteiger partial charge in [-0.3, -0.25) is 0 Å². The molecular formula is C21H26ClNO5S. The highest BCUT2D eigenvalue weighted by molar-refractivity contribution is 7.91. The second-order valence-corrected chi connectivity index (χ2v) is 9.42. The van der Waals surface area contributed by atoms with E-state index < -0.39 is 9.84 Å². The van der Waals surface area contributed by atoms with Crippen LogP contribution in [0.4, 0.5) is 0 Å². The molecule has 0 saturated carbocycles. The molecule has 2 aliphatic heterocycles. The van der Waals surface area contributed by atoms with Gasteiger partial charge in [0.1, 0.15) is 23.4 Å². The van der Waals surface area contributed by atoms with Crippen LogP contribution in [0.1, 0.15) is 31.7 Å². The summed E-state index contributed by atoms with van der Waals surface area (Å²) >= 11 is 0. The lowest BCUT2D eigenvalue weighted by atomic mass is 9.90. The number of halogens is 1. The van der Waals surface area contributed by atoms with E-state index in [1.54, 1.807) is 18.2 Å². The summed E-state index contributed by atoms with van der Waals surface area (Å²) in [7, 11) is -2.24. The van der Waals surface area contributed by atoms with E-state index in [4.69, 9.17) is 14.2 Å². The number of ether oxygens (including phenoxy) is 3. The van der Waals surface area contributed by atoms with Gasteiger partial charge in [-0.05, 0) is 51.1 Å². The van der Waals surface area contributed by atoms with Crippen LogP contribution in [0.15, 0.2) is 46.2 Å². The predicted octanol–water partition coefficient (Wildman–Crippen LogP) is 3.57. The number of sulfone groups is 1. The minimum Gasteiger partial charge on any atom is -0.497 e. The lowest BCUT2D eigenvalue weighted by molar-refractivity contribution is 0.176. The van der Waals surface area contributed by atoms with Crippen LogP contribution in [0.25, 0.3) is 0 Å². The highest BCUT2D eigenvalue weighted by atomic mass is 35.5. The molecule has 2 aromatic rings. The second kappa shape index (κ2) is 8.42. The van der Waals surface area contributed by atoms with Crippen molar-refractivity contribution in [3.63, 3.8) is 0 Å². The third-order valence-electron chi connectivity index (χ3n) is 5.17. The molecule has 0 aliphatic carbocycles. The van der Waals surface area contributed by atoms with Crippen molar-refractivity contribution in [3.05, 3.63) is 42.0 Å². The second-order valence-electron chi connectivity index (χ2n) is 7.47. The summed E-state index contributed by atoms with van der Waals surface area (Å²) in [4.78, 5) is 0.348. The van der Waals surface area contributed by atoms with Gasteiger partial charge < -0.3 is 19.5 Å². The van der Waals surface area contributed by atoms with Gasteiger partial charge in [0, 0.05) is 24.1 Å². The quantitative estimate of drug-likeness (QED) is 0.767. The molecule has 1 N–H and O–H groups in total. The molecule has 2 atom stereocenters. The van der Waals surface area contributed by atoms with Crippen LogP contribution in [0.5, 0.6) is 17.2 Å². The summed E-state index contributed by atoms with van der Waals surface area (Å²) in [6, 6.07) is 9.94. The zero-order valence-corrected chi connectivity index (χ0v) is 18.3. The Balaban J connectivity index is 0.00000240. The van der Waals surface area contributed by atoms with E-state index >= 15 is 0 Å². The van der Waals surface area contributed by atoms with Crippen molar-refractivity contribution in [3.8, 4) is 17.2 Å². The highest BCUT2D eigenvalue weighted by Gasteiger charge is 2.37. The Kier molecular flexibility index (Phi) is 6.31. The van der Waals surface area contributed by atoms with Crippen LogP contribution in [-0.2, 0) is 9.84 Å². The number of fused-ring (bicyclic) bond motifs is 3. The molecule has 158 valence electrons. The summed E-state index contributed by atoms with van der Waals surface area (Å²) in [5.41, 5.74) is 1.10. The molecule has 0 amide bonds. The van der Waals surface area contributed by atoms with Crippen molar-refractivity contribution in [2.24, 2.45) is 0 Å². The summed E-state index contributed by atoms with van der Waals surface area (Å²) in [6.07, 6.45) is 0.993. The van der Waals surface area contributed by atoms with Gasteiger partial charge in [-0.25, -0.2) is 8.42 Å². The summed E-state index contributed by atoms with van der Waals surface area (Å²) in [5.74, 6) is 1.89. The predicted molar refractivity (Wildman–Crippen MR) is 113 cm³/mol. The Morgan fingerprint density at radius 3 is 2.59 bits per heavy atom. The van der Waals surface area contributed by atoms with Crippen LogP contribution in [0.3, 0.4) is 0 Å². The molecule has 8 heteroatoms. The third kappa shape index (κ3) is 4.17. The molecule has 2 heterocycles. The number of methoxy groups -OCH3 is 1. The first-order valence-corrected chi connectivity index (χ1v) is 11.0. The number of piperidine rings is 1. The van der Waals surface area contributed by atoms with Gasteiger partial charge >= 0.3 is 0 Å². The van der Waals surface area contributed by atoms with Gasteiger partial charge in [0.15, 0.2) is 0 Å². The fraction of sp³-hybridized carbons (Fsp3) is 0.429. The smallest absolute Gasteiger partial charge is 0.207 e. The van der Waals surface area contributed by atoms with Gasteiger partial charge in [0.2, 0.25) is 9.84 Å². The van der Waals surface area contributed by atoms with Crippen molar-refractivity contribution in [2.45, 2.75) is 48.2 Å². The minimum absolute atomic E-state index is 0. The van der Waals surface area contributed by atoms with E-state index in [1.807, 2.05) is 19.9 Å². The van der Waals surface area contributed by atoms with Crippen LogP contribution in [-0.4, -0.2) is 40.8 Å². The number of hydrogen-bond acceptors (Lipinski definition) is 6. The molecule has 0 spiro atoms. The molecule has 0 radical (unpaired) electrons. The van der Waals surface area contributed by atoms with Crippen molar-refractivity contribution < 1.29 is 22.6 Å². The number of benzene rings is 2. The van der Waals surface area contributed by atoms with Crippen LogP contribution >= 0.6 is 12.4 Å². The Morgan fingerprint density at radius 2 is 1.86 bits per heavy atom. The van der Waals surface area contributed by atoms with Crippen LogP contribution < -0.4 is 19.5 Å². The van der Waals surface area contributed by atoms with Crippen molar-refractivity contribution in [1.82, 2.24) is 5.32 Å². The Labute approximate surface area is 177 Å². The average molecular weight is 440 g/mol. The topological polar surface area (TPSA) is 73.9 Å².